The molecular weight excluding hydrogens is 220 g/mol. The molecule has 1 aliphatic carbocycles. The van der Waals surface area contributed by atoms with Gasteiger partial charge in [0.05, 0.1) is 0 Å². The van der Waals surface area contributed by atoms with Crippen molar-refractivity contribution in [2.75, 3.05) is 0 Å². The van der Waals surface area contributed by atoms with Gasteiger partial charge in [0.2, 0.25) is 0 Å². The van der Waals surface area contributed by atoms with Crippen molar-refractivity contribution in [2.45, 2.75) is 31.3 Å². The lowest BCUT2D eigenvalue weighted by molar-refractivity contribution is 0.197. The molecule has 2 aromatic carbocycles. The van der Waals surface area contributed by atoms with E-state index in [2.05, 4.69) is 48.5 Å². The molecular formula is C17H16O. The van der Waals surface area contributed by atoms with Crippen LogP contribution in [0.4, 0.5) is 0 Å². The van der Waals surface area contributed by atoms with Crippen molar-refractivity contribution in [2.24, 2.45) is 0 Å². The standard InChI is InChI=1S/C17H16O/c1-3-7-14-12(5-1)9-10-15(14)17-11-13-6-2-4-8-16(13)18-17/h1-8,15,17H,9-11H2. The Balaban J connectivity index is 1.65. The van der Waals surface area contributed by atoms with Gasteiger partial charge in [0, 0.05) is 12.3 Å². The van der Waals surface area contributed by atoms with Crippen molar-refractivity contribution < 1.29 is 4.74 Å². The second-order valence-electron chi connectivity index (χ2n) is 5.31. The van der Waals surface area contributed by atoms with Crippen LogP contribution in [0.1, 0.15) is 29.0 Å². The van der Waals surface area contributed by atoms with E-state index < -0.39 is 0 Å². The summed E-state index contributed by atoms with van der Waals surface area (Å²) in [7, 11) is 0. The smallest absolute Gasteiger partial charge is 0.123 e. The first kappa shape index (κ1) is 10.2. The van der Waals surface area contributed by atoms with E-state index in [0.29, 0.717) is 12.0 Å². The lowest BCUT2D eigenvalue weighted by atomic mass is 9.92. The van der Waals surface area contributed by atoms with Gasteiger partial charge in [0.15, 0.2) is 0 Å². The topological polar surface area (TPSA) is 9.23 Å². The minimum atomic E-state index is 0.339. The Bertz CT molecular complexity index is 563. The molecule has 1 heteroatoms. The van der Waals surface area contributed by atoms with Crippen LogP contribution in [-0.4, -0.2) is 6.10 Å². The van der Waals surface area contributed by atoms with Gasteiger partial charge in [0.1, 0.15) is 11.9 Å². The quantitative estimate of drug-likeness (QED) is 0.733. The number of para-hydroxylation sites is 1. The predicted octanol–water partition coefficient (Wildman–Crippen LogP) is 3.72. The van der Waals surface area contributed by atoms with E-state index in [4.69, 9.17) is 4.74 Å². The molecule has 18 heavy (non-hydrogen) atoms. The molecule has 2 aromatic rings. The molecule has 0 amide bonds. The number of ether oxygens (including phenoxy) is 1. The zero-order valence-electron chi connectivity index (χ0n) is 10.3. The zero-order chi connectivity index (χ0) is 11.9. The van der Waals surface area contributed by atoms with Gasteiger partial charge in [-0.2, -0.15) is 0 Å². The summed E-state index contributed by atoms with van der Waals surface area (Å²) in [6, 6.07) is 17.3. The van der Waals surface area contributed by atoms with E-state index in [-0.39, 0.29) is 0 Å². The van der Waals surface area contributed by atoms with Gasteiger partial charge in [-0.05, 0) is 35.6 Å². The summed E-state index contributed by atoms with van der Waals surface area (Å²) in [5, 5.41) is 0. The number of aryl methyl sites for hydroxylation is 1. The molecule has 0 aromatic heterocycles. The maximum absolute atomic E-state index is 6.15. The van der Waals surface area contributed by atoms with Gasteiger partial charge in [-0.25, -0.2) is 0 Å². The van der Waals surface area contributed by atoms with Gasteiger partial charge in [-0.1, -0.05) is 42.5 Å². The molecule has 0 fully saturated rings. The van der Waals surface area contributed by atoms with Gasteiger partial charge >= 0.3 is 0 Å². The first-order valence-electron chi connectivity index (χ1n) is 6.74. The number of benzene rings is 2. The van der Waals surface area contributed by atoms with Crippen molar-refractivity contribution in [3.05, 3.63) is 65.2 Å². The Morgan fingerprint density at radius 1 is 0.889 bits per heavy atom. The second kappa shape index (κ2) is 3.88. The number of rotatable bonds is 1. The molecule has 2 aliphatic rings. The van der Waals surface area contributed by atoms with Gasteiger partial charge in [0.25, 0.3) is 0 Å². The number of hydrogen-bond donors (Lipinski definition) is 0. The van der Waals surface area contributed by atoms with Crippen LogP contribution in [0.3, 0.4) is 0 Å². The van der Waals surface area contributed by atoms with Crippen LogP contribution in [-0.2, 0) is 12.8 Å². The van der Waals surface area contributed by atoms with Gasteiger partial charge < -0.3 is 4.74 Å². The third kappa shape index (κ3) is 1.47. The Morgan fingerprint density at radius 3 is 2.56 bits per heavy atom. The fourth-order valence-corrected chi connectivity index (χ4v) is 3.41. The average Bonchev–Trinajstić information content (AvgIpc) is 3.02. The van der Waals surface area contributed by atoms with Crippen molar-refractivity contribution in [3.63, 3.8) is 0 Å². The van der Waals surface area contributed by atoms with E-state index in [1.54, 1.807) is 0 Å². The number of fused-ring (bicyclic) bond motifs is 2. The lowest BCUT2D eigenvalue weighted by Crippen LogP contribution is -2.21. The molecule has 2 atom stereocenters. The van der Waals surface area contributed by atoms with Crippen LogP contribution in [0.25, 0.3) is 0 Å². The minimum absolute atomic E-state index is 0.339. The van der Waals surface area contributed by atoms with Crippen LogP contribution in [0, 0.1) is 0 Å². The second-order valence-corrected chi connectivity index (χ2v) is 5.31. The minimum Gasteiger partial charge on any atom is -0.489 e. The highest BCUT2D eigenvalue weighted by Crippen LogP contribution is 2.41. The maximum atomic E-state index is 6.15. The summed E-state index contributed by atoms with van der Waals surface area (Å²) in [6.07, 6.45) is 3.84. The molecule has 4 rings (SSSR count). The molecule has 1 aliphatic heterocycles. The molecule has 0 spiro atoms. The third-order valence-corrected chi connectivity index (χ3v) is 4.30. The summed E-state index contributed by atoms with van der Waals surface area (Å²) in [5.74, 6) is 1.67. The first-order chi connectivity index (χ1) is 8.92. The Labute approximate surface area is 107 Å². The monoisotopic (exact) mass is 236 g/mol. The molecule has 1 nitrogen and oxygen atoms in total. The highest BCUT2D eigenvalue weighted by Gasteiger charge is 2.34. The average molecular weight is 236 g/mol. The summed E-state index contributed by atoms with van der Waals surface area (Å²) in [6.45, 7) is 0. The Morgan fingerprint density at radius 2 is 1.67 bits per heavy atom. The molecule has 0 saturated carbocycles. The predicted molar refractivity (Wildman–Crippen MR) is 72.1 cm³/mol. The van der Waals surface area contributed by atoms with E-state index in [0.717, 1.165) is 12.2 Å². The summed E-state index contributed by atoms with van der Waals surface area (Å²) >= 11 is 0. The van der Waals surface area contributed by atoms with E-state index >= 15 is 0 Å². The zero-order valence-corrected chi connectivity index (χ0v) is 10.3. The SMILES string of the molecule is c1ccc2c(c1)CC(C1CCc3ccccc31)O2. The Kier molecular flexibility index (Phi) is 2.19. The highest BCUT2D eigenvalue weighted by molar-refractivity contribution is 5.41. The molecule has 0 N–H and O–H groups in total. The third-order valence-electron chi connectivity index (χ3n) is 4.30. The normalized spacial score (nSPS) is 24.4. The highest BCUT2D eigenvalue weighted by atomic mass is 16.5. The Hall–Kier alpha value is -1.76. The summed E-state index contributed by atoms with van der Waals surface area (Å²) in [5.41, 5.74) is 4.39. The van der Waals surface area contributed by atoms with Crippen LogP contribution < -0.4 is 4.74 Å². The van der Waals surface area contributed by atoms with Crippen LogP contribution >= 0.6 is 0 Å². The van der Waals surface area contributed by atoms with Crippen molar-refractivity contribution in [1.29, 1.82) is 0 Å². The first-order valence-corrected chi connectivity index (χ1v) is 6.74. The fourth-order valence-electron chi connectivity index (χ4n) is 3.41. The van der Waals surface area contributed by atoms with Gasteiger partial charge in [-0.3, -0.25) is 0 Å². The van der Waals surface area contributed by atoms with Crippen molar-refractivity contribution in [1.82, 2.24) is 0 Å². The van der Waals surface area contributed by atoms with E-state index in [1.807, 2.05) is 0 Å². The van der Waals surface area contributed by atoms with Crippen LogP contribution in [0.15, 0.2) is 48.5 Å². The molecule has 0 bridgehead atoms. The maximum Gasteiger partial charge on any atom is 0.123 e. The molecule has 2 unspecified atom stereocenters. The van der Waals surface area contributed by atoms with Crippen LogP contribution in [0.5, 0.6) is 5.75 Å². The molecule has 90 valence electrons. The fraction of sp³-hybridized carbons (Fsp3) is 0.294. The van der Waals surface area contributed by atoms with E-state index in [1.165, 1.54) is 29.5 Å². The molecule has 1 heterocycles. The van der Waals surface area contributed by atoms with Crippen molar-refractivity contribution >= 4 is 0 Å². The lowest BCUT2D eigenvalue weighted by Gasteiger charge is -2.19. The molecule has 0 radical (unpaired) electrons. The largest absolute Gasteiger partial charge is 0.489 e. The van der Waals surface area contributed by atoms with Gasteiger partial charge in [-0.15, -0.1) is 0 Å². The van der Waals surface area contributed by atoms with Crippen molar-refractivity contribution in [3.8, 4) is 5.75 Å². The van der Waals surface area contributed by atoms with Crippen LogP contribution in [0.2, 0.25) is 0 Å². The summed E-state index contributed by atoms with van der Waals surface area (Å²) in [4.78, 5) is 0. The van der Waals surface area contributed by atoms with E-state index in [9.17, 15) is 0 Å². The number of hydrogen-bond acceptors (Lipinski definition) is 1. The molecule has 0 saturated heterocycles. The summed E-state index contributed by atoms with van der Waals surface area (Å²) < 4.78 is 6.15.